The van der Waals surface area contributed by atoms with E-state index in [1.165, 1.54) is 23.1 Å². The Hall–Kier alpha value is -0.730. The number of rotatable bonds is 2. The Morgan fingerprint density at radius 3 is 3.00 bits per heavy atom. The average molecular weight is 185 g/mol. The number of thiazole rings is 1. The van der Waals surface area contributed by atoms with Crippen LogP contribution in [0.25, 0.3) is 0 Å². The van der Waals surface area contributed by atoms with Crippen molar-refractivity contribution in [3.05, 3.63) is 5.69 Å². The van der Waals surface area contributed by atoms with E-state index in [4.69, 9.17) is 11.0 Å². The fourth-order valence-electron chi connectivity index (χ4n) is 0.634. The van der Waals surface area contributed by atoms with Gasteiger partial charge in [-0.1, -0.05) is 23.1 Å². The van der Waals surface area contributed by atoms with Crippen LogP contribution in [0, 0.1) is 18.3 Å². The molecule has 58 valence electrons. The number of aryl methyl sites for hydroxylation is 1. The molecule has 0 spiro atoms. The Kier molecular flexibility index (Phi) is 2.74. The van der Waals surface area contributed by atoms with Crippen LogP contribution in [-0.4, -0.2) is 10.7 Å². The molecule has 5 heteroatoms. The molecule has 0 amide bonds. The fraction of sp³-hybridized carbons (Fsp3) is 0.333. The van der Waals surface area contributed by atoms with Crippen LogP contribution in [0.5, 0.6) is 0 Å². The van der Waals surface area contributed by atoms with E-state index in [-0.39, 0.29) is 0 Å². The normalized spacial score (nSPS) is 9.45. The zero-order chi connectivity index (χ0) is 8.27. The van der Waals surface area contributed by atoms with Gasteiger partial charge in [-0.3, -0.25) is 0 Å². The maximum absolute atomic E-state index is 8.31. The SMILES string of the molecule is Cc1nc(N)sc1SCC#N. The summed E-state index contributed by atoms with van der Waals surface area (Å²) in [4.78, 5) is 4.03. The lowest BCUT2D eigenvalue weighted by Gasteiger charge is -1.88. The molecular formula is C6H7N3S2. The molecule has 0 saturated carbocycles. The maximum atomic E-state index is 8.31. The maximum Gasteiger partial charge on any atom is 0.181 e. The van der Waals surface area contributed by atoms with Crippen LogP contribution in [0.15, 0.2) is 4.21 Å². The molecule has 0 aromatic carbocycles. The zero-order valence-corrected chi connectivity index (χ0v) is 7.63. The van der Waals surface area contributed by atoms with Gasteiger partial charge in [0.1, 0.15) is 0 Å². The quantitative estimate of drug-likeness (QED) is 0.711. The van der Waals surface area contributed by atoms with Crippen molar-refractivity contribution in [3.8, 4) is 6.07 Å². The summed E-state index contributed by atoms with van der Waals surface area (Å²) >= 11 is 2.92. The standard InChI is InChI=1S/C6H7N3S2/c1-4-5(10-3-2-7)11-6(8)9-4/h3H2,1H3,(H2,8,9). The second-order valence-electron chi connectivity index (χ2n) is 1.87. The fourth-order valence-corrected chi connectivity index (χ4v) is 2.32. The van der Waals surface area contributed by atoms with Crippen molar-refractivity contribution >= 4 is 28.2 Å². The lowest BCUT2D eigenvalue weighted by molar-refractivity contribution is 1.21. The first-order valence-corrected chi connectivity index (χ1v) is 4.77. The van der Waals surface area contributed by atoms with E-state index in [1.807, 2.05) is 6.92 Å². The molecule has 0 radical (unpaired) electrons. The monoisotopic (exact) mass is 185 g/mol. The van der Waals surface area contributed by atoms with Gasteiger partial charge in [-0.15, -0.1) is 0 Å². The van der Waals surface area contributed by atoms with E-state index in [1.54, 1.807) is 0 Å². The van der Waals surface area contributed by atoms with E-state index in [9.17, 15) is 0 Å². The summed E-state index contributed by atoms with van der Waals surface area (Å²) in [5.41, 5.74) is 6.39. The highest BCUT2D eigenvalue weighted by atomic mass is 32.2. The minimum absolute atomic E-state index is 0.461. The van der Waals surface area contributed by atoms with Crippen LogP contribution >= 0.6 is 23.1 Å². The molecule has 1 aromatic heterocycles. The molecular weight excluding hydrogens is 178 g/mol. The topological polar surface area (TPSA) is 62.7 Å². The first-order valence-electron chi connectivity index (χ1n) is 2.96. The highest BCUT2D eigenvalue weighted by Gasteiger charge is 2.04. The van der Waals surface area contributed by atoms with E-state index >= 15 is 0 Å². The van der Waals surface area contributed by atoms with Gasteiger partial charge < -0.3 is 5.73 Å². The second-order valence-corrected chi connectivity index (χ2v) is 4.15. The lowest BCUT2D eigenvalue weighted by atomic mass is 10.6. The first kappa shape index (κ1) is 8.37. The number of hydrogen-bond acceptors (Lipinski definition) is 5. The number of nitriles is 1. The molecule has 0 fully saturated rings. The Labute approximate surface area is 73.2 Å². The predicted molar refractivity (Wildman–Crippen MR) is 47.6 cm³/mol. The molecule has 2 N–H and O–H groups in total. The minimum atomic E-state index is 0.461. The van der Waals surface area contributed by atoms with Crippen molar-refractivity contribution in [1.82, 2.24) is 4.98 Å². The Morgan fingerprint density at radius 2 is 2.55 bits per heavy atom. The molecule has 0 bridgehead atoms. The van der Waals surface area contributed by atoms with Gasteiger partial charge in [0, 0.05) is 0 Å². The van der Waals surface area contributed by atoms with Crippen LogP contribution in [0.3, 0.4) is 0 Å². The summed E-state index contributed by atoms with van der Waals surface area (Å²) in [5.74, 6) is 0.461. The van der Waals surface area contributed by atoms with E-state index in [0.29, 0.717) is 10.9 Å². The van der Waals surface area contributed by atoms with E-state index in [0.717, 1.165) is 9.90 Å². The summed E-state index contributed by atoms with van der Waals surface area (Å²) in [7, 11) is 0. The predicted octanol–water partition coefficient (Wildman–Crippen LogP) is 1.65. The molecule has 0 unspecified atom stereocenters. The number of nitrogens with zero attached hydrogens (tertiary/aromatic N) is 2. The second kappa shape index (κ2) is 3.60. The lowest BCUT2D eigenvalue weighted by Crippen LogP contribution is -1.80. The molecule has 0 saturated heterocycles. The van der Waals surface area contributed by atoms with Crippen LogP contribution in [0.1, 0.15) is 5.69 Å². The first-order chi connectivity index (χ1) is 5.24. The highest BCUT2D eigenvalue weighted by Crippen LogP contribution is 2.29. The molecule has 3 nitrogen and oxygen atoms in total. The number of aromatic nitrogens is 1. The number of anilines is 1. The summed E-state index contributed by atoms with van der Waals surface area (Å²) < 4.78 is 1.05. The summed E-state index contributed by atoms with van der Waals surface area (Å²) in [6.07, 6.45) is 0. The smallest absolute Gasteiger partial charge is 0.181 e. The van der Waals surface area contributed by atoms with E-state index in [2.05, 4.69) is 11.1 Å². The van der Waals surface area contributed by atoms with Crippen LogP contribution in [0.2, 0.25) is 0 Å². The van der Waals surface area contributed by atoms with Crippen molar-refractivity contribution in [2.24, 2.45) is 0 Å². The number of nitrogens with two attached hydrogens (primary N) is 1. The third-order valence-electron chi connectivity index (χ3n) is 1.04. The van der Waals surface area contributed by atoms with Crippen LogP contribution in [-0.2, 0) is 0 Å². The van der Waals surface area contributed by atoms with Gasteiger partial charge >= 0.3 is 0 Å². The Morgan fingerprint density at radius 1 is 1.82 bits per heavy atom. The van der Waals surface area contributed by atoms with E-state index < -0.39 is 0 Å². The van der Waals surface area contributed by atoms with Crippen molar-refractivity contribution in [1.29, 1.82) is 5.26 Å². The number of hydrogen-bond donors (Lipinski definition) is 1. The minimum Gasteiger partial charge on any atom is -0.375 e. The molecule has 0 aliphatic carbocycles. The molecule has 0 aliphatic heterocycles. The zero-order valence-electron chi connectivity index (χ0n) is 6.00. The van der Waals surface area contributed by atoms with Gasteiger partial charge in [0.25, 0.3) is 0 Å². The van der Waals surface area contributed by atoms with Crippen LogP contribution in [0.4, 0.5) is 5.13 Å². The van der Waals surface area contributed by atoms with Gasteiger partial charge in [-0.2, -0.15) is 5.26 Å². The van der Waals surface area contributed by atoms with Gasteiger partial charge in [-0.05, 0) is 6.92 Å². The largest absolute Gasteiger partial charge is 0.375 e. The third kappa shape index (κ3) is 2.10. The highest BCUT2D eigenvalue weighted by molar-refractivity contribution is 8.01. The number of thioether (sulfide) groups is 1. The van der Waals surface area contributed by atoms with Crippen molar-refractivity contribution < 1.29 is 0 Å². The Balaban J connectivity index is 2.71. The summed E-state index contributed by atoms with van der Waals surface area (Å²) in [6.45, 7) is 1.90. The van der Waals surface area contributed by atoms with Crippen molar-refractivity contribution in [2.45, 2.75) is 11.1 Å². The van der Waals surface area contributed by atoms with Crippen LogP contribution < -0.4 is 5.73 Å². The van der Waals surface area contributed by atoms with Crippen molar-refractivity contribution in [2.75, 3.05) is 11.5 Å². The summed E-state index contributed by atoms with van der Waals surface area (Å²) in [6, 6.07) is 2.05. The number of nitrogen functional groups attached to an aromatic ring is 1. The molecule has 1 heterocycles. The van der Waals surface area contributed by atoms with Gasteiger partial charge in [0.2, 0.25) is 0 Å². The van der Waals surface area contributed by atoms with Crippen molar-refractivity contribution in [3.63, 3.8) is 0 Å². The molecule has 1 aromatic rings. The molecule has 0 aliphatic rings. The molecule has 11 heavy (non-hydrogen) atoms. The Bertz CT molecular complexity index is 287. The van der Waals surface area contributed by atoms with Gasteiger partial charge in [0.05, 0.1) is 21.7 Å². The molecule has 0 atom stereocenters. The van der Waals surface area contributed by atoms with Gasteiger partial charge in [-0.25, -0.2) is 4.98 Å². The summed E-state index contributed by atoms with van der Waals surface area (Å²) in [5, 5.41) is 8.88. The average Bonchev–Trinajstić information content (AvgIpc) is 2.26. The van der Waals surface area contributed by atoms with Gasteiger partial charge in [0.15, 0.2) is 5.13 Å². The molecule has 1 rings (SSSR count). The third-order valence-corrected chi connectivity index (χ3v) is 3.25.